The molecule has 0 saturated heterocycles. The van der Waals surface area contributed by atoms with Gasteiger partial charge < -0.3 is 5.73 Å². The Morgan fingerprint density at radius 3 is 2.93 bits per heavy atom. The summed E-state index contributed by atoms with van der Waals surface area (Å²) < 4.78 is 0. The van der Waals surface area contributed by atoms with Crippen LogP contribution in [0.4, 0.5) is 0 Å². The molecule has 3 rings (SSSR count). The van der Waals surface area contributed by atoms with E-state index in [0.717, 1.165) is 18.9 Å². The van der Waals surface area contributed by atoms with Crippen molar-refractivity contribution in [1.82, 2.24) is 10.2 Å². The van der Waals surface area contributed by atoms with E-state index in [1.165, 1.54) is 42.6 Å². The zero-order valence-electron chi connectivity index (χ0n) is 8.42. The highest BCUT2D eigenvalue weighted by Gasteiger charge is 2.35. The van der Waals surface area contributed by atoms with Crippen LogP contribution in [0.3, 0.4) is 0 Å². The Morgan fingerprint density at radius 2 is 2.21 bits per heavy atom. The van der Waals surface area contributed by atoms with E-state index >= 15 is 0 Å². The van der Waals surface area contributed by atoms with Crippen LogP contribution >= 0.6 is 0 Å². The number of nitrogens with zero attached hydrogens (tertiary/aromatic N) is 1. The molecule has 3 heteroatoms. The maximum atomic E-state index is 5.65. The van der Waals surface area contributed by atoms with Crippen molar-refractivity contribution in [3.05, 3.63) is 17.0 Å². The molecule has 2 aliphatic rings. The maximum absolute atomic E-state index is 5.65. The second kappa shape index (κ2) is 3.09. The highest BCUT2D eigenvalue weighted by molar-refractivity contribution is 5.37. The van der Waals surface area contributed by atoms with Gasteiger partial charge in [0.2, 0.25) is 0 Å². The highest BCUT2D eigenvalue weighted by Crippen LogP contribution is 2.46. The van der Waals surface area contributed by atoms with E-state index < -0.39 is 0 Å². The van der Waals surface area contributed by atoms with E-state index in [-0.39, 0.29) is 0 Å². The normalized spacial score (nSPS) is 25.4. The summed E-state index contributed by atoms with van der Waals surface area (Å²) in [4.78, 5) is 0. The van der Waals surface area contributed by atoms with Gasteiger partial charge in [0.25, 0.3) is 0 Å². The van der Waals surface area contributed by atoms with Crippen LogP contribution in [0.25, 0.3) is 0 Å². The van der Waals surface area contributed by atoms with E-state index in [4.69, 9.17) is 5.73 Å². The van der Waals surface area contributed by atoms with Crippen molar-refractivity contribution in [2.45, 2.75) is 43.9 Å². The Bertz CT molecular complexity index is 338. The number of aromatic amines is 1. The Hall–Kier alpha value is -0.830. The first kappa shape index (κ1) is 8.48. The van der Waals surface area contributed by atoms with E-state index in [1.54, 1.807) is 0 Å². The van der Waals surface area contributed by atoms with Gasteiger partial charge in [-0.3, -0.25) is 5.10 Å². The minimum absolute atomic E-state index is 0.698. The summed E-state index contributed by atoms with van der Waals surface area (Å²) in [6.07, 6.45) is 6.27. The Labute approximate surface area is 84.1 Å². The van der Waals surface area contributed by atoms with Crippen LogP contribution in [0.5, 0.6) is 0 Å². The van der Waals surface area contributed by atoms with Gasteiger partial charge in [-0.2, -0.15) is 5.10 Å². The molecular formula is C11H17N3. The van der Waals surface area contributed by atoms with Gasteiger partial charge in [-0.15, -0.1) is 0 Å². The van der Waals surface area contributed by atoms with Crippen molar-refractivity contribution in [2.24, 2.45) is 5.73 Å². The van der Waals surface area contributed by atoms with Crippen LogP contribution in [0.2, 0.25) is 0 Å². The average Bonchev–Trinajstić information content (AvgIpc) is 2.81. The first-order valence-corrected chi connectivity index (χ1v) is 5.67. The van der Waals surface area contributed by atoms with Gasteiger partial charge in [-0.05, 0) is 50.1 Å². The number of nitrogens with two attached hydrogens (primary N) is 1. The third-order valence-corrected chi connectivity index (χ3v) is 3.54. The quantitative estimate of drug-likeness (QED) is 0.763. The van der Waals surface area contributed by atoms with Gasteiger partial charge in [0.05, 0.1) is 5.69 Å². The minimum atomic E-state index is 0.698. The number of rotatable bonds is 3. The number of hydrogen-bond donors (Lipinski definition) is 2. The van der Waals surface area contributed by atoms with E-state index in [0.29, 0.717) is 5.92 Å². The summed E-state index contributed by atoms with van der Waals surface area (Å²) in [5.41, 5.74) is 9.95. The number of fused-ring (bicyclic) bond motifs is 1. The average molecular weight is 191 g/mol. The van der Waals surface area contributed by atoms with Gasteiger partial charge in [0.15, 0.2) is 0 Å². The van der Waals surface area contributed by atoms with Crippen LogP contribution in [-0.2, 0) is 6.42 Å². The standard InChI is InChI=1S/C11H17N3/c12-6-5-7-3-4-9-10(7)11(14-13-9)8-1-2-8/h7-8H,1-6,12H2,(H,13,14). The third-order valence-electron chi connectivity index (χ3n) is 3.54. The lowest BCUT2D eigenvalue weighted by molar-refractivity contribution is 0.616. The lowest BCUT2D eigenvalue weighted by Gasteiger charge is -2.09. The monoisotopic (exact) mass is 191 g/mol. The topological polar surface area (TPSA) is 54.7 Å². The number of H-pyrrole nitrogens is 1. The number of hydrogen-bond acceptors (Lipinski definition) is 2. The highest BCUT2D eigenvalue weighted by atomic mass is 15.1. The van der Waals surface area contributed by atoms with Gasteiger partial charge in [-0.1, -0.05) is 0 Å². The summed E-state index contributed by atoms with van der Waals surface area (Å²) in [6, 6.07) is 0. The van der Waals surface area contributed by atoms with Crippen molar-refractivity contribution >= 4 is 0 Å². The SMILES string of the molecule is NCCC1CCc2[nH]nc(C3CC3)c21. The summed E-state index contributed by atoms with van der Waals surface area (Å²) in [5.74, 6) is 1.47. The fraction of sp³-hybridized carbons (Fsp3) is 0.727. The lowest BCUT2D eigenvalue weighted by atomic mass is 9.96. The predicted molar refractivity (Wildman–Crippen MR) is 55.3 cm³/mol. The van der Waals surface area contributed by atoms with Crippen LogP contribution in [-0.4, -0.2) is 16.7 Å². The summed E-state index contributed by atoms with van der Waals surface area (Å²) in [7, 11) is 0. The molecule has 2 aliphatic carbocycles. The molecule has 0 aliphatic heterocycles. The molecule has 1 fully saturated rings. The molecule has 3 nitrogen and oxygen atoms in total. The molecule has 1 saturated carbocycles. The number of aromatic nitrogens is 2. The van der Waals surface area contributed by atoms with Crippen molar-refractivity contribution < 1.29 is 0 Å². The molecule has 0 aromatic carbocycles. The molecule has 1 unspecified atom stereocenters. The number of nitrogens with one attached hydrogen (secondary N) is 1. The van der Waals surface area contributed by atoms with E-state index in [1.807, 2.05) is 0 Å². The van der Waals surface area contributed by atoms with Gasteiger partial charge in [0.1, 0.15) is 0 Å². The molecule has 3 N–H and O–H groups in total. The summed E-state index contributed by atoms with van der Waals surface area (Å²) >= 11 is 0. The van der Waals surface area contributed by atoms with Crippen LogP contribution in [0, 0.1) is 0 Å². The zero-order valence-corrected chi connectivity index (χ0v) is 8.42. The Balaban J connectivity index is 1.93. The molecule has 76 valence electrons. The zero-order chi connectivity index (χ0) is 9.54. The second-order valence-corrected chi connectivity index (χ2v) is 4.59. The Morgan fingerprint density at radius 1 is 1.36 bits per heavy atom. The second-order valence-electron chi connectivity index (χ2n) is 4.59. The molecule has 1 atom stereocenters. The molecular weight excluding hydrogens is 174 g/mol. The van der Waals surface area contributed by atoms with Crippen molar-refractivity contribution in [2.75, 3.05) is 6.54 Å². The largest absolute Gasteiger partial charge is 0.330 e. The molecule has 0 bridgehead atoms. The lowest BCUT2D eigenvalue weighted by Crippen LogP contribution is -2.06. The predicted octanol–water partition coefficient (Wildman–Crippen LogP) is 1.67. The maximum Gasteiger partial charge on any atom is 0.0690 e. The molecule has 1 heterocycles. The fourth-order valence-corrected chi connectivity index (χ4v) is 2.67. The van der Waals surface area contributed by atoms with Crippen molar-refractivity contribution in [3.63, 3.8) is 0 Å². The third kappa shape index (κ3) is 1.19. The first-order chi connectivity index (χ1) is 6.90. The molecule has 14 heavy (non-hydrogen) atoms. The van der Waals surface area contributed by atoms with E-state index in [2.05, 4.69) is 10.2 Å². The molecule has 1 aromatic rings. The molecule has 1 aromatic heterocycles. The number of aryl methyl sites for hydroxylation is 1. The van der Waals surface area contributed by atoms with Crippen molar-refractivity contribution in [3.8, 4) is 0 Å². The summed E-state index contributed by atoms with van der Waals surface area (Å²) in [5, 5.41) is 7.67. The van der Waals surface area contributed by atoms with Crippen molar-refractivity contribution in [1.29, 1.82) is 0 Å². The minimum Gasteiger partial charge on any atom is -0.330 e. The molecule has 0 radical (unpaired) electrons. The molecule has 0 spiro atoms. The summed E-state index contributed by atoms with van der Waals surface area (Å²) in [6.45, 7) is 0.805. The van der Waals surface area contributed by atoms with Gasteiger partial charge >= 0.3 is 0 Å². The van der Waals surface area contributed by atoms with Crippen LogP contribution < -0.4 is 5.73 Å². The van der Waals surface area contributed by atoms with Gasteiger partial charge in [-0.25, -0.2) is 0 Å². The fourth-order valence-electron chi connectivity index (χ4n) is 2.67. The first-order valence-electron chi connectivity index (χ1n) is 5.67. The van der Waals surface area contributed by atoms with E-state index in [9.17, 15) is 0 Å². The van der Waals surface area contributed by atoms with Crippen LogP contribution in [0.1, 0.15) is 54.5 Å². The molecule has 0 amide bonds. The van der Waals surface area contributed by atoms with Gasteiger partial charge in [0, 0.05) is 11.6 Å². The smallest absolute Gasteiger partial charge is 0.0690 e. The van der Waals surface area contributed by atoms with Crippen LogP contribution in [0.15, 0.2) is 0 Å². The Kier molecular flexibility index (Phi) is 1.87.